The Bertz CT molecular complexity index is 1010. The highest BCUT2D eigenvalue weighted by Gasteiger charge is 2.13. The lowest BCUT2D eigenvalue weighted by Crippen LogP contribution is -2.27. The summed E-state index contributed by atoms with van der Waals surface area (Å²) < 4.78 is 6.62. The number of aryl methyl sites for hydroxylation is 2. The van der Waals surface area contributed by atoms with Crippen LogP contribution < -0.4 is 10.9 Å². The summed E-state index contributed by atoms with van der Waals surface area (Å²) in [6.07, 6.45) is 3.46. The maximum absolute atomic E-state index is 12.7. The highest BCUT2D eigenvalue weighted by atomic mass is 16.5. The number of carbonyl (C=O) groups is 1. The number of nitrogens with one attached hydrogen (secondary N) is 1. The second kappa shape index (κ2) is 9.28. The second-order valence-electron chi connectivity index (χ2n) is 6.71. The largest absolute Gasteiger partial charge is 0.383 e. The zero-order chi connectivity index (χ0) is 19.9. The van der Waals surface area contributed by atoms with Crippen LogP contribution in [-0.2, 0) is 17.7 Å². The zero-order valence-electron chi connectivity index (χ0n) is 16.3. The zero-order valence-corrected chi connectivity index (χ0v) is 16.3. The molecule has 0 radical (unpaired) electrons. The van der Waals surface area contributed by atoms with Crippen molar-refractivity contribution in [1.82, 2.24) is 14.9 Å². The van der Waals surface area contributed by atoms with E-state index in [0.717, 1.165) is 12.8 Å². The maximum Gasteiger partial charge on any atom is 0.260 e. The first-order chi connectivity index (χ1) is 13.6. The summed E-state index contributed by atoms with van der Waals surface area (Å²) in [4.78, 5) is 29.7. The predicted molar refractivity (Wildman–Crippen MR) is 110 cm³/mol. The van der Waals surface area contributed by atoms with E-state index in [1.165, 1.54) is 5.56 Å². The number of pyridine rings is 2. The Morgan fingerprint density at radius 3 is 2.75 bits per heavy atom. The van der Waals surface area contributed by atoms with Crippen molar-refractivity contribution in [2.24, 2.45) is 0 Å². The Morgan fingerprint density at radius 2 is 2.00 bits per heavy atom. The van der Waals surface area contributed by atoms with Crippen molar-refractivity contribution >= 4 is 16.8 Å². The van der Waals surface area contributed by atoms with Gasteiger partial charge in [-0.1, -0.05) is 30.3 Å². The fourth-order valence-electron chi connectivity index (χ4n) is 3.14. The summed E-state index contributed by atoms with van der Waals surface area (Å²) in [5.74, 6) is -0.202. The average molecular weight is 379 g/mol. The Labute approximate surface area is 164 Å². The summed E-state index contributed by atoms with van der Waals surface area (Å²) in [6, 6.07) is 13.6. The van der Waals surface area contributed by atoms with E-state index >= 15 is 0 Å². The summed E-state index contributed by atoms with van der Waals surface area (Å²) in [7, 11) is 1.59. The lowest BCUT2D eigenvalue weighted by Gasteiger charge is -2.10. The first kappa shape index (κ1) is 19.8. The fraction of sp³-hybridized carbons (Fsp3) is 0.318. The Hall–Kier alpha value is -2.99. The van der Waals surface area contributed by atoms with Gasteiger partial charge in [-0.3, -0.25) is 14.6 Å². The van der Waals surface area contributed by atoms with E-state index in [1.54, 1.807) is 36.9 Å². The molecule has 1 amide bonds. The SMILES string of the molecule is COCCn1ccc2nc(C)c(C(=O)NCCCc3ccccc3)cc2c1=O. The molecule has 0 spiro atoms. The maximum atomic E-state index is 12.7. The summed E-state index contributed by atoms with van der Waals surface area (Å²) in [5.41, 5.74) is 2.73. The molecule has 2 heterocycles. The van der Waals surface area contributed by atoms with Gasteiger partial charge in [0.15, 0.2) is 0 Å². The number of aromatic nitrogens is 2. The monoisotopic (exact) mass is 379 g/mol. The first-order valence-corrected chi connectivity index (χ1v) is 9.42. The van der Waals surface area contributed by atoms with Crippen molar-refractivity contribution in [1.29, 1.82) is 0 Å². The predicted octanol–water partition coefficient (Wildman–Crippen LogP) is 2.71. The molecule has 6 heteroatoms. The molecular formula is C22H25N3O3. The number of fused-ring (bicyclic) bond motifs is 1. The molecule has 3 rings (SSSR count). The number of hydrogen-bond acceptors (Lipinski definition) is 4. The third-order valence-electron chi connectivity index (χ3n) is 4.70. The van der Waals surface area contributed by atoms with Gasteiger partial charge in [-0.15, -0.1) is 0 Å². The van der Waals surface area contributed by atoms with E-state index < -0.39 is 0 Å². The highest BCUT2D eigenvalue weighted by molar-refractivity contribution is 5.98. The van der Waals surface area contributed by atoms with Gasteiger partial charge < -0.3 is 14.6 Å². The molecule has 0 aliphatic carbocycles. The van der Waals surface area contributed by atoms with E-state index in [4.69, 9.17) is 4.74 Å². The van der Waals surface area contributed by atoms with Crippen LogP contribution in [0.3, 0.4) is 0 Å². The van der Waals surface area contributed by atoms with Crippen molar-refractivity contribution in [2.75, 3.05) is 20.3 Å². The second-order valence-corrected chi connectivity index (χ2v) is 6.71. The Morgan fingerprint density at radius 1 is 1.21 bits per heavy atom. The van der Waals surface area contributed by atoms with Gasteiger partial charge in [0.25, 0.3) is 11.5 Å². The number of amides is 1. The number of rotatable bonds is 8. The van der Waals surface area contributed by atoms with Crippen molar-refractivity contribution in [3.05, 3.63) is 75.8 Å². The molecule has 0 saturated heterocycles. The smallest absolute Gasteiger partial charge is 0.260 e. The molecule has 0 saturated carbocycles. The molecule has 0 unspecified atom stereocenters. The number of nitrogens with zero attached hydrogens (tertiary/aromatic N) is 2. The highest BCUT2D eigenvalue weighted by Crippen LogP contribution is 2.13. The Kier molecular flexibility index (Phi) is 6.55. The topological polar surface area (TPSA) is 73.2 Å². The van der Waals surface area contributed by atoms with Crippen molar-refractivity contribution in [2.45, 2.75) is 26.3 Å². The van der Waals surface area contributed by atoms with E-state index in [9.17, 15) is 9.59 Å². The van der Waals surface area contributed by atoms with E-state index in [-0.39, 0.29) is 11.5 Å². The van der Waals surface area contributed by atoms with Gasteiger partial charge in [-0.25, -0.2) is 0 Å². The van der Waals surface area contributed by atoms with Crippen LogP contribution in [-0.4, -0.2) is 35.7 Å². The molecular weight excluding hydrogens is 354 g/mol. The molecule has 28 heavy (non-hydrogen) atoms. The van der Waals surface area contributed by atoms with Crippen LogP contribution in [0.1, 0.15) is 28.0 Å². The third kappa shape index (κ3) is 4.64. The van der Waals surface area contributed by atoms with Gasteiger partial charge in [-0.2, -0.15) is 0 Å². The molecule has 0 atom stereocenters. The van der Waals surface area contributed by atoms with E-state index in [1.807, 2.05) is 18.2 Å². The molecule has 1 N–H and O–H groups in total. The van der Waals surface area contributed by atoms with E-state index in [2.05, 4.69) is 22.4 Å². The molecule has 0 bridgehead atoms. The average Bonchev–Trinajstić information content (AvgIpc) is 2.71. The molecule has 146 valence electrons. The molecule has 3 aromatic rings. The minimum absolute atomic E-state index is 0.167. The molecule has 2 aromatic heterocycles. The van der Waals surface area contributed by atoms with Crippen LogP contribution in [0.5, 0.6) is 0 Å². The minimum atomic E-state index is -0.202. The third-order valence-corrected chi connectivity index (χ3v) is 4.70. The molecule has 0 aliphatic heterocycles. The van der Waals surface area contributed by atoms with Gasteiger partial charge >= 0.3 is 0 Å². The molecule has 0 aliphatic rings. The van der Waals surface area contributed by atoms with Crippen LogP contribution >= 0.6 is 0 Å². The van der Waals surface area contributed by atoms with E-state index in [0.29, 0.717) is 41.9 Å². The van der Waals surface area contributed by atoms with Gasteiger partial charge in [0.05, 0.1) is 28.8 Å². The van der Waals surface area contributed by atoms with Gasteiger partial charge in [0.2, 0.25) is 0 Å². The quantitative estimate of drug-likeness (QED) is 0.611. The normalized spacial score (nSPS) is 10.9. The number of hydrogen-bond donors (Lipinski definition) is 1. The Balaban J connectivity index is 1.72. The summed E-state index contributed by atoms with van der Waals surface area (Å²) >= 11 is 0. The van der Waals surface area contributed by atoms with Crippen LogP contribution in [0.4, 0.5) is 0 Å². The van der Waals surface area contributed by atoms with Crippen LogP contribution in [0.2, 0.25) is 0 Å². The molecule has 6 nitrogen and oxygen atoms in total. The van der Waals surface area contributed by atoms with Crippen molar-refractivity contribution in [3.63, 3.8) is 0 Å². The lowest BCUT2D eigenvalue weighted by molar-refractivity contribution is 0.0952. The number of methoxy groups -OCH3 is 1. The standard InChI is InChI=1S/C22H25N3O3/c1-16-18(21(26)23-11-6-9-17-7-4-3-5-8-17)15-19-20(24-16)10-12-25(22(19)27)13-14-28-2/h3-5,7-8,10,12,15H,6,9,11,13-14H2,1-2H3,(H,23,26). The number of ether oxygens (including phenoxy) is 1. The first-order valence-electron chi connectivity index (χ1n) is 9.42. The summed E-state index contributed by atoms with van der Waals surface area (Å²) in [5, 5.41) is 3.38. The van der Waals surface area contributed by atoms with Crippen LogP contribution in [0.25, 0.3) is 10.9 Å². The van der Waals surface area contributed by atoms with Crippen LogP contribution in [0, 0.1) is 6.92 Å². The van der Waals surface area contributed by atoms with Gasteiger partial charge in [0, 0.05) is 26.4 Å². The molecule has 0 fully saturated rings. The van der Waals surface area contributed by atoms with Crippen molar-refractivity contribution in [3.8, 4) is 0 Å². The summed E-state index contributed by atoms with van der Waals surface area (Å²) in [6.45, 7) is 3.26. The van der Waals surface area contributed by atoms with Crippen molar-refractivity contribution < 1.29 is 9.53 Å². The fourth-order valence-corrected chi connectivity index (χ4v) is 3.14. The van der Waals surface area contributed by atoms with Gasteiger partial charge in [-0.05, 0) is 37.5 Å². The number of carbonyl (C=O) groups excluding carboxylic acids is 1. The molecule has 1 aromatic carbocycles. The minimum Gasteiger partial charge on any atom is -0.383 e. The number of benzene rings is 1. The van der Waals surface area contributed by atoms with Gasteiger partial charge in [0.1, 0.15) is 0 Å². The van der Waals surface area contributed by atoms with Crippen LogP contribution in [0.15, 0.2) is 53.5 Å². The lowest BCUT2D eigenvalue weighted by atomic mass is 10.1.